The Morgan fingerprint density at radius 1 is 1.20 bits per heavy atom. The molecule has 2 saturated heterocycles. The summed E-state index contributed by atoms with van der Waals surface area (Å²) >= 11 is 1.91. The molecule has 3 aliphatic rings. The number of hydrogen-bond acceptors (Lipinski definition) is 5. The lowest BCUT2D eigenvalue weighted by Crippen LogP contribution is -2.23. The van der Waals surface area contributed by atoms with Gasteiger partial charge in [-0.15, -0.1) is 11.3 Å². The van der Waals surface area contributed by atoms with Crippen LogP contribution in [0.25, 0.3) is 0 Å². The monoisotopic (exact) mass is 357 g/mol. The van der Waals surface area contributed by atoms with Gasteiger partial charge in [0.05, 0.1) is 30.2 Å². The van der Waals surface area contributed by atoms with E-state index >= 15 is 0 Å². The maximum absolute atomic E-state index is 11.9. The topological polar surface area (TPSA) is 54.3 Å². The molecular formula is C18H23N5OS. The molecule has 2 aromatic rings. The number of hydrogen-bond donors (Lipinski definition) is 0. The van der Waals surface area contributed by atoms with Crippen molar-refractivity contribution in [3.8, 4) is 0 Å². The summed E-state index contributed by atoms with van der Waals surface area (Å²) in [6.07, 6.45) is 10.3. The van der Waals surface area contributed by atoms with Crippen LogP contribution in [0.1, 0.15) is 47.3 Å². The fourth-order valence-electron chi connectivity index (χ4n) is 4.26. The van der Waals surface area contributed by atoms with Crippen LogP contribution in [-0.4, -0.2) is 45.2 Å². The highest BCUT2D eigenvalue weighted by atomic mass is 32.1. The molecule has 2 aromatic heterocycles. The van der Waals surface area contributed by atoms with Gasteiger partial charge in [0.15, 0.2) is 0 Å². The number of fused-ring (bicyclic) bond motifs is 1. The van der Waals surface area contributed by atoms with Crippen molar-refractivity contribution in [3.63, 3.8) is 0 Å². The lowest BCUT2D eigenvalue weighted by molar-refractivity contribution is -0.117. The Kier molecular flexibility index (Phi) is 3.86. The lowest BCUT2D eigenvalue weighted by Gasteiger charge is -2.15. The summed E-state index contributed by atoms with van der Waals surface area (Å²) in [4.78, 5) is 22.6. The maximum Gasteiger partial charge on any atom is 0.227 e. The highest BCUT2D eigenvalue weighted by Gasteiger charge is 2.28. The molecule has 1 aliphatic carbocycles. The zero-order valence-electron chi connectivity index (χ0n) is 14.4. The quantitative estimate of drug-likeness (QED) is 0.843. The molecule has 0 N–H and O–H groups in total. The van der Waals surface area contributed by atoms with E-state index in [0.717, 1.165) is 44.7 Å². The second kappa shape index (κ2) is 6.21. The standard InChI is InChI=1S/C18H23N5OS/c24-18-5-2-7-22(18)14-9-19-23(11-14)13-6-8-21(10-13)12-17-20-15-3-1-4-16(15)25-17/h9,11,13H,1-8,10,12H2. The third kappa shape index (κ3) is 2.89. The van der Waals surface area contributed by atoms with Gasteiger partial charge in [-0.1, -0.05) is 0 Å². The Labute approximate surface area is 151 Å². The van der Waals surface area contributed by atoms with Crippen molar-refractivity contribution >= 4 is 22.9 Å². The van der Waals surface area contributed by atoms with Crippen LogP contribution in [0.3, 0.4) is 0 Å². The molecule has 0 saturated carbocycles. The van der Waals surface area contributed by atoms with E-state index in [0.29, 0.717) is 12.5 Å². The minimum absolute atomic E-state index is 0.226. The van der Waals surface area contributed by atoms with E-state index in [2.05, 4.69) is 20.9 Å². The summed E-state index contributed by atoms with van der Waals surface area (Å²) in [5.41, 5.74) is 2.31. The van der Waals surface area contributed by atoms with Crippen LogP contribution in [0, 0.1) is 0 Å². The van der Waals surface area contributed by atoms with Gasteiger partial charge in [0, 0.05) is 37.1 Å². The van der Waals surface area contributed by atoms with E-state index < -0.39 is 0 Å². The first-order valence-electron chi connectivity index (χ1n) is 9.30. The molecule has 2 aliphatic heterocycles. The summed E-state index contributed by atoms with van der Waals surface area (Å²) < 4.78 is 2.06. The molecule has 0 bridgehead atoms. The van der Waals surface area contributed by atoms with Crippen molar-refractivity contribution < 1.29 is 4.79 Å². The third-order valence-electron chi connectivity index (χ3n) is 5.59. The molecule has 25 heavy (non-hydrogen) atoms. The summed E-state index contributed by atoms with van der Waals surface area (Å²) in [6, 6.07) is 0.401. The van der Waals surface area contributed by atoms with Crippen molar-refractivity contribution in [3.05, 3.63) is 28.0 Å². The summed E-state index contributed by atoms with van der Waals surface area (Å²) in [7, 11) is 0. The van der Waals surface area contributed by atoms with Crippen LogP contribution < -0.4 is 4.90 Å². The first-order chi connectivity index (χ1) is 12.3. The highest BCUT2D eigenvalue weighted by molar-refractivity contribution is 7.11. The zero-order valence-corrected chi connectivity index (χ0v) is 15.2. The average molecular weight is 357 g/mol. The fraction of sp³-hybridized carbons (Fsp3) is 0.611. The van der Waals surface area contributed by atoms with Gasteiger partial charge in [-0.2, -0.15) is 5.10 Å². The average Bonchev–Trinajstić information content (AvgIpc) is 3.35. The number of likely N-dealkylation sites (tertiary alicyclic amines) is 1. The summed E-state index contributed by atoms with van der Waals surface area (Å²) in [5.74, 6) is 0.226. The molecule has 6 nitrogen and oxygen atoms in total. The SMILES string of the molecule is O=C1CCCN1c1cnn(C2CCN(Cc3nc4c(s3)CCC4)C2)c1. The Balaban J connectivity index is 1.23. The number of rotatable bonds is 4. The second-order valence-electron chi connectivity index (χ2n) is 7.34. The summed E-state index contributed by atoms with van der Waals surface area (Å²) in [5, 5.41) is 5.81. The van der Waals surface area contributed by atoms with Crippen molar-refractivity contribution in [2.24, 2.45) is 0 Å². The van der Waals surface area contributed by atoms with E-state index in [1.807, 2.05) is 22.4 Å². The Bertz CT molecular complexity index is 776. The first-order valence-corrected chi connectivity index (χ1v) is 10.1. The van der Waals surface area contributed by atoms with E-state index in [1.54, 1.807) is 0 Å². The highest BCUT2D eigenvalue weighted by Crippen LogP contribution is 2.30. The molecule has 7 heteroatoms. The molecule has 1 amide bonds. The van der Waals surface area contributed by atoms with Crippen molar-refractivity contribution in [2.75, 3.05) is 24.5 Å². The van der Waals surface area contributed by atoms with Crippen LogP contribution in [0.5, 0.6) is 0 Å². The molecule has 2 fully saturated rings. The smallest absolute Gasteiger partial charge is 0.227 e. The fourth-order valence-corrected chi connectivity index (χ4v) is 5.46. The largest absolute Gasteiger partial charge is 0.309 e. The van der Waals surface area contributed by atoms with Gasteiger partial charge in [0.25, 0.3) is 0 Å². The maximum atomic E-state index is 11.9. The summed E-state index contributed by atoms with van der Waals surface area (Å²) in [6.45, 7) is 3.90. The van der Waals surface area contributed by atoms with E-state index in [9.17, 15) is 4.79 Å². The van der Waals surface area contributed by atoms with Crippen LogP contribution in [0.15, 0.2) is 12.4 Å². The third-order valence-corrected chi connectivity index (χ3v) is 6.74. The first kappa shape index (κ1) is 15.5. The number of carbonyl (C=O) groups excluding carboxylic acids is 1. The number of thiazole rings is 1. The minimum Gasteiger partial charge on any atom is -0.309 e. The predicted octanol–water partition coefficient (Wildman–Crippen LogP) is 2.40. The molecule has 5 rings (SSSR count). The van der Waals surface area contributed by atoms with E-state index in [-0.39, 0.29) is 5.91 Å². The Morgan fingerprint density at radius 3 is 3.00 bits per heavy atom. The van der Waals surface area contributed by atoms with Gasteiger partial charge in [-0.3, -0.25) is 14.4 Å². The molecule has 0 spiro atoms. The number of amides is 1. The van der Waals surface area contributed by atoms with Gasteiger partial charge in [0.2, 0.25) is 5.91 Å². The molecule has 1 atom stereocenters. The molecule has 4 heterocycles. The van der Waals surface area contributed by atoms with Gasteiger partial charge in [-0.25, -0.2) is 4.98 Å². The Morgan fingerprint density at radius 2 is 2.16 bits per heavy atom. The number of aryl methyl sites for hydroxylation is 2. The molecule has 0 radical (unpaired) electrons. The number of carbonyl (C=O) groups is 1. The van der Waals surface area contributed by atoms with Gasteiger partial charge >= 0.3 is 0 Å². The van der Waals surface area contributed by atoms with Crippen LogP contribution in [-0.2, 0) is 24.2 Å². The van der Waals surface area contributed by atoms with Crippen molar-refractivity contribution in [2.45, 2.75) is 51.1 Å². The Hall–Kier alpha value is -1.73. The number of anilines is 1. The molecular weight excluding hydrogens is 334 g/mol. The van der Waals surface area contributed by atoms with Crippen molar-refractivity contribution in [1.82, 2.24) is 19.7 Å². The van der Waals surface area contributed by atoms with Gasteiger partial charge in [0.1, 0.15) is 5.01 Å². The number of aromatic nitrogens is 3. The van der Waals surface area contributed by atoms with Gasteiger partial charge < -0.3 is 4.90 Å². The minimum atomic E-state index is 0.226. The van der Waals surface area contributed by atoms with E-state index in [4.69, 9.17) is 4.98 Å². The second-order valence-corrected chi connectivity index (χ2v) is 8.50. The molecule has 1 unspecified atom stereocenters. The normalized spacial score (nSPS) is 23.8. The van der Waals surface area contributed by atoms with E-state index in [1.165, 1.54) is 34.8 Å². The molecule has 132 valence electrons. The van der Waals surface area contributed by atoms with Crippen LogP contribution in [0.2, 0.25) is 0 Å². The van der Waals surface area contributed by atoms with Gasteiger partial charge in [-0.05, 0) is 32.1 Å². The van der Waals surface area contributed by atoms with Crippen molar-refractivity contribution in [1.29, 1.82) is 0 Å². The molecule has 0 aromatic carbocycles. The number of nitrogens with zero attached hydrogens (tertiary/aromatic N) is 5. The van der Waals surface area contributed by atoms with Crippen LogP contribution in [0.4, 0.5) is 5.69 Å². The predicted molar refractivity (Wildman–Crippen MR) is 96.9 cm³/mol. The lowest BCUT2D eigenvalue weighted by atomic mass is 10.3. The van der Waals surface area contributed by atoms with Crippen LogP contribution >= 0.6 is 11.3 Å². The zero-order chi connectivity index (χ0) is 16.8.